The molecule has 0 amide bonds. The normalized spacial score (nSPS) is 16.6. The number of hydrogen-bond acceptors (Lipinski definition) is 4. The van der Waals surface area contributed by atoms with Crippen LogP contribution in [0.3, 0.4) is 0 Å². The van der Waals surface area contributed by atoms with Crippen LogP contribution in [0.25, 0.3) is 0 Å². The third-order valence-electron chi connectivity index (χ3n) is 2.64. The summed E-state index contributed by atoms with van der Waals surface area (Å²) in [6, 6.07) is 1.40. The molecule has 16 heavy (non-hydrogen) atoms. The van der Waals surface area contributed by atoms with Gasteiger partial charge in [-0.1, -0.05) is 0 Å². The van der Waals surface area contributed by atoms with Crippen LogP contribution < -0.4 is 5.73 Å². The number of carboxylic acids is 1. The molecule has 0 radical (unpaired) electrons. The fourth-order valence-electron chi connectivity index (χ4n) is 1.77. The van der Waals surface area contributed by atoms with Gasteiger partial charge in [0.15, 0.2) is 0 Å². The Morgan fingerprint density at radius 1 is 1.69 bits per heavy atom. The third-order valence-corrected chi connectivity index (χ3v) is 2.64. The van der Waals surface area contributed by atoms with E-state index in [9.17, 15) is 4.79 Å². The summed E-state index contributed by atoms with van der Waals surface area (Å²) in [5, 5.41) is 8.66. The van der Waals surface area contributed by atoms with Crippen LogP contribution >= 0.6 is 0 Å². The molecule has 0 spiro atoms. The summed E-state index contributed by atoms with van der Waals surface area (Å²) < 4.78 is 5.31. The van der Waals surface area contributed by atoms with Gasteiger partial charge in [0.25, 0.3) is 0 Å². The lowest BCUT2D eigenvalue weighted by Crippen LogP contribution is -2.18. The molecule has 0 saturated heterocycles. The van der Waals surface area contributed by atoms with Crippen LogP contribution in [0.4, 0.5) is 0 Å². The van der Waals surface area contributed by atoms with Crippen LogP contribution in [0.15, 0.2) is 12.3 Å². The van der Waals surface area contributed by atoms with E-state index in [0.29, 0.717) is 13.2 Å². The highest BCUT2D eigenvalue weighted by molar-refractivity contribution is 5.67. The minimum atomic E-state index is -0.901. The maximum absolute atomic E-state index is 10.5. The minimum absolute atomic E-state index is 0.0820. The first kappa shape index (κ1) is 11.0. The van der Waals surface area contributed by atoms with Gasteiger partial charge in [-0.2, -0.15) is 0 Å². The fourth-order valence-corrected chi connectivity index (χ4v) is 1.77. The third kappa shape index (κ3) is 2.37. The van der Waals surface area contributed by atoms with Crippen molar-refractivity contribution in [3.63, 3.8) is 0 Å². The first-order chi connectivity index (χ1) is 7.66. The zero-order valence-electron chi connectivity index (χ0n) is 8.85. The number of nitrogens with two attached hydrogens (primary N) is 1. The predicted octanol–water partition coefficient (Wildman–Crippen LogP) is 0.629. The topological polar surface area (TPSA) is 85.4 Å². The molecule has 5 heteroatoms. The molecule has 1 atom stereocenters. The molecule has 0 aliphatic carbocycles. The molecule has 3 N–H and O–H groups in total. The van der Waals surface area contributed by atoms with Gasteiger partial charge in [0, 0.05) is 24.4 Å². The molecule has 1 aliphatic rings. The standard InChI is InChI=1S/C11H14N2O3/c12-9(4-11(14)15)7-3-8-6-16-2-1-10(8)13-5-7/h3,5,9H,1-2,4,6,12H2,(H,14,15). The lowest BCUT2D eigenvalue weighted by Gasteiger charge is -2.17. The van der Waals surface area contributed by atoms with Gasteiger partial charge in [-0.25, -0.2) is 0 Å². The van der Waals surface area contributed by atoms with E-state index in [0.717, 1.165) is 23.2 Å². The summed E-state index contributed by atoms with van der Waals surface area (Å²) in [4.78, 5) is 14.8. The summed E-state index contributed by atoms with van der Waals surface area (Å²) in [5.41, 5.74) is 8.57. The predicted molar refractivity (Wildman–Crippen MR) is 56.8 cm³/mol. The molecular formula is C11H14N2O3. The molecule has 86 valence electrons. The maximum atomic E-state index is 10.5. The molecule has 1 aromatic rings. The second kappa shape index (κ2) is 4.59. The van der Waals surface area contributed by atoms with Crippen molar-refractivity contribution < 1.29 is 14.6 Å². The number of carboxylic acid groups (broad SMARTS) is 1. The zero-order valence-corrected chi connectivity index (χ0v) is 8.85. The van der Waals surface area contributed by atoms with Crippen molar-refractivity contribution in [3.05, 3.63) is 29.1 Å². The molecule has 1 aromatic heterocycles. The zero-order chi connectivity index (χ0) is 11.5. The van der Waals surface area contributed by atoms with Gasteiger partial charge in [-0.05, 0) is 17.2 Å². The Balaban J connectivity index is 2.19. The Labute approximate surface area is 93.2 Å². The van der Waals surface area contributed by atoms with E-state index in [-0.39, 0.29) is 6.42 Å². The molecule has 0 aromatic carbocycles. The van der Waals surface area contributed by atoms with Gasteiger partial charge >= 0.3 is 5.97 Å². The largest absolute Gasteiger partial charge is 0.481 e. The van der Waals surface area contributed by atoms with Crippen molar-refractivity contribution in [2.45, 2.75) is 25.5 Å². The Bertz CT molecular complexity index is 406. The lowest BCUT2D eigenvalue weighted by atomic mass is 10.0. The van der Waals surface area contributed by atoms with Gasteiger partial charge in [0.1, 0.15) is 0 Å². The van der Waals surface area contributed by atoms with Crippen molar-refractivity contribution in [1.29, 1.82) is 0 Å². The number of nitrogens with zero attached hydrogens (tertiary/aromatic N) is 1. The summed E-state index contributed by atoms with van der Waals surface area (Å²) >= 11 is 0. The van der Waals surface area contributed by atoms with Crippen molar-refractivity contribution in [1.82, 2.24) is 4.98 Å². The van der Waals surface area contributed by atoms with E-state index in [2.05, 4.69) is 4.98 Å². The molecule has 1 unspecified atom stereocenters. The summed E-state index contributed by atoms with van der Waals surface area (Å²) in [6.45, 7) is 1.23. The van der Waals surface area contributed by atoms with Crippen molar-refractivity contribution >= 4 is 5.97 Å². The van der Waals surface area contributed by atoms with Crippen LogP contribution in [-0.2, 0) is 22.6 Å². The molecular weight excluding hydrogens is 208 g/mol. The summed E-state index contributed by atoms with van der Waals surface area (Å²) in [6.07, 6.45) is 2.39. The molecule has 2 rings (SSSR count). The van der Waals surface area contributed by atoms with Gasteiger partial charge in [-0.3, -0.25) is 9.78 Å². The maximum Gasteiger partial charge on any atom is 0.305 e. The highest BCUT2D eigenvalue weighted by atomic mass is 16.5. The smallest absolute Gasteiger partial charge is 0.305 e. The second-order valence-electron chi connectivity index (χ2n) is 3.88. The van der Waals surface area contributed by atoms with Gasteiger partial charge in [0.05, 0.1) is 19.6 Å². The van der Waals surface area contributed by atoms with Gasteiger partial charge < -0.3 is 15.6 Å². The number of carbonyl (C=O) groups is 1. The Morgan fingerprint density at radius 2 is 2.50 bits per heavy atom. The van der Waals surface area contributed by atoms with E-state index in [4.69, 9.17) is 15.6 Å². The fraction of sp³-hybridized carbons (Fsp3) is 0.455. The van der Waals surface area contributed by atoms with Crippen LogP contribution in [0.2, 0.25) is 0 Å². The molecule has 0 bridgehead atoms. The number of rotatable bonds is 3. The SMILES string of the molecule is NC(CC(=O)O)c1cnc2c(c1)COCC2. The Morgan fingerprint density at radius 3 is 3.25 bits per heavy atom. The van der Waals surface area contributed by atoms with Gasteiger partial charge in [0.2, 0.25) is 0 Å². The summed E-state index contributed by atoms with van der Waals surface area (Å²) in [7, 11) is 0. The van der Waals surface area contributed by atoms with Crippen molar-refractivity contribution in [2.75, 3.05) is 6.61 Å². The quantitative estimate of drug-likeness (QED) is 0.783. The highest BCUT2D eigenvalue weighted by Gasteiger charge is 2.15. The van der Waals surface area contributed by atoms with Crippen LogP contribution in [0.5, 0.6) is 0 Å². The number of hydrogen-bond donors (Lipinski definition) is 2. The van der Waals surface area contributed by atoms with Crippen LogP contribution in [0.1, 0.15) is 29.3 Å². The number of aliphatic carboxylic acids is 1. The Hall–Kier alpha value is -1.46. The molecule has 1 aliphatic heterocycles. The van der Waals surface area contributed by atoms with Gasteiger partial charge in [-0.15, -0.1) is 0 Å². The average molecular weight is 222 g/mol. The van der Waals surface area contributed by atoms with Crippen LogP contribution in [-0.4, -0.2) is 22.7 Å². The molecule has 5 nitrogen and oxygen atoms in total. The number of aromatic nitrogens is 1. The van der Waals surface area contributed by atoms with E-state index < -0.39 is 12.0 Å². The van der Waals surface area contributed by atoms with Crippen molar-refractivity contribution in [3.8, 4) is 0 Å². The van der Waals surface area contributed by atoms with Crippen LogP contribution in [0, 0.1) is 0 Å². The van der Waals surface area contributed by atoms with E-state index in [1.807, 2.05) is 6.07 Å². The number of fused-ring (bicyclic) bond motifs is 1. The summed E-state index contributed by atoms with van der Waals surface area (Å²) in [5.74, 6) is -0.901. The molecule has 0 fully saturated rings. The van der Waals surface area contributed by atoms with E-state index >= 15 is 0 Å². The van der Waals surface area contributed by atoms with Crippen molar-refractivity contribution in [2.24, 2.45) is 5.73 Å². The van der Waals surface area contributed by atoms with E-state index in [1.165, 1.54) is 0 Å². The first-order valence-electron chi connectivity index (χ1n) is 5.19. The monoisotopic (exact) mass is 222 g/mol. The number of pyridine rings is 1. The minimum Gasteiger partial charge on any atom is -0.481 e. The second-order valence-corrected chi connectivity index (χ2v) is 3.88. The number of ether oxygens (including phenoxy) is 1. The molecule has 2 heterocycles. The van der Waals surface area contributed by atoms with E-state index in [1.54, 1.807) is 6.20 Å². The lowest BCUT2D eigenvalue weighted by molar-refractivity contribution is -0.137. The average Bonchev–Trinajstić information content (AvgIpc) is 2.27. The Kier molecular flexibility index (Phi) is 3.17. The first-order valence-corrected chi connectivity index (χ1v) is 5.19. The highest BCUT2D eigenvalue weighted by Crippen LogP contribution is 2.20. The molecule has 0 saturated carbocycles.